The van der Waals surface area contributed by atoms with Crippen molar-refractivity contribution in [3.63, 3.8) is 0 Å². The Morgan fingerprint density at radius 1 is 1.18 bits per heavy atom. The Morgan fingerprint density at radius 2 is 1.79 bits per heavy atom. The SMILES string of the molecule is N#CC1(NC(=O)[C@H](CC(F)(F)C2CC2)N[C@@H](c2ccccc2)C(F)(F)F)CC1. The number of nitrogens with one attached hydrogen (secondary N) is 2. The fourth-order valence-electron chi connectivity index (χ4n) is 3.11. The maximum atomic E-state index is 14.3. The van der Waals surface area contributed by atoms with E-state index in [1.807, 2.05) is 6.07 Å². The highest BCUT2D eigenvalue weighted by Gasteiger charge is 2.52. The van der Waals surface area contributed by atoms with Gasteiger partial charge in [0.2, 0.25) is 5.91 Å². The number of hydrogen-bond acceptors (Lipinski definition) is 3. The third-order valence-electron chi connectivity index (χ3n) is 5.12. The number of halogens is 5. The lowest BCUT2D eigenvalue weighted by molar-refractivity contribution is -0.163. The molecule has 9 heteroatoms. The van der Waals surface area contributed by atoms with Crippen LogP contribution in [0.4, 0.5) is 22.0 Å². The summed E-state index contributed by atoms with van der Waals surface area (Å²) in [6.45, 7) is 0. The Balaban J connectivity index is 1.84. The van der Waals surface area contributed by atoms with E-state index in [1.54, 1.807) is 0 Å². The molecule has 0 heterocycles. The van der Waals surface area contributed by atoms with E-state index in [0.717, 1.165) is 0 Å². The standard InChI is InChI=1S/C19H20F5N3O/c20-18(21,13-6-7-13)10-14(16(28)27-17(11-25)8-9-17)26-15(19(22,23)24)12-4-2-1-3-5-12/h1-5,13-15,26H,6-10H2,(H,27,28)/t14-,15-/m0/s1. The lowest BCUT2D eigenvalue weighted by Crippen LogP contribution is -2.53. The van der Waals surface area contributed by atoms with Gasteiger partial charge in [-0.05, 0) is 31.2 Å². The summed E-state index contributed by atoms with van der Waals surface area (Å²) in [6.07, 6.45) is -4.58. The lowest BCUT2D eigenvalue weighted by atomic mass is 9.99. The molecule has 1 amide bonds. The molecule has 2 fully saturated rings. The monoisotopic (exact) mass is 401 g/mol. The molecule has 152 valence electrons. The largest absolute Gasteiger partial charge is 0.407 e. The van der Waals surface area contributed by atoms with Crippen LogP contribution in [-0.2, 0) is 4.79 Å². The molecule has 0 spiro atoms. The van der Waals surface area contributed by atoms with Crippen molar-refractivity contribution < 1.29 is 26.7 Å². The van der Waals surface area contributed by atoms with Gasteiger partial charge in [-0.2, -0.15) is 18.4 Å². The van der Waals surface area contributed by atoms with Crippen molar-refractivity contribution >= 4 is 5.91 Å². The van der Waals surface area contributed by atoms with E-state index >= 15 is 0 Å². The number of amides is 1. The number of rotatable bonds is 8. The third-order valence-corrected chi connectivity index (χ3v) is 5.12. The van der Waals surface area contributed by atoms with Gasteiger partial charge in [0.25, 0.3) is 5.92 Å². The summed E-state index contributed by atoms with van der Waals surface area (Å²) in [6, 6.07) is 4.59. The van der Waals surface area contributed by atoms with Crippen molar-refractivity contribution in [2.75, 3.05) is 0 Å². The van der Waals surface area contributed by atoms with E-state index in [4.69, 9.17) is 5.26 Å². The van der Waals surface area contributed by atoms with E-state index in [1.165, 1.54) is 30.3 Å². The highest BCUT2D eigenvalue weighted by Crippen LogP contribution is 2.46. The molecule has 0 saturated heterocycles. The van der Waals surface area contributed by atoms with Crippen LogP contribution in [0.5, 0.6) is 0 Å². The molecular formula is C19H20F5N3O. The van der Waals surface area contributed by atoms with E-state index in [9.17, 15) is 26.7 Å². The molecule has 0 aromatic heterocycles. The molecule has 3 rings (SSSR count). The zero-order valence-electron chi connectivity index (χ0n) is 14.9. The van der Waals surface area contributed by atoms with Gasteiger partial charge in [0, 0.05) is 12.3 Å². The molecule has 4 nitrogen and oxygen atoms in total. The molecule has 1 aromatic rings. The van der Waals surface area contributed by atoms with E-state index in [-0.39, 0.29) is 18.4 Å². The molecule has 2 aliphatic carbocycles. The highest BCUT2D eigenvalue weighted by atomic mass is 19.4. The van der Waals surface area contributed by atoms with Gasteiger partial charge < -0.3 is 5.32 Å². The Labute approximate surface area is 159 Å². The zero-order chi connectivity index (χ0) is 20.6. The van der Waals surface area contributed by atoms with E-state index < -0.39 is 48.0 Å². The summed E-state index contributed by atoms with van der Waals surface area (Å²) in [5.41, 5.74) is -1.34. The van der Waals surface area contributed by atoms with Crippen LogP contribution in [0.1, 0.15) is 43.7 Å². The molecule has 0 radical (unpaired) electrons. The summed E-state index contributed by atoms with van der Waals surface area (Å²) >= 11 is 0. The molecule has 2 N–H and O–H groups in total. The fraction of sp³-hybridized carbons (Fsp3) is 0.579. The van der Waals surface area contributed by atoms with Crippen molar-refractivity contribution in [3.05, 3.63) is 35.9 Å². The highest BCUT2D eigenvalue weighted by molar-refractivity contribution is 5.83. The second kappa shape index (κ2) is 7.32. The lowest BCUT2D eigenvalue weighted by Gasteiger charge is -2.30. The van der Waals surface area contributed by atoms with Gasteiger partial charge in [0.1, 0.15) is 11.6 Å². The van der Waals surface area contributed by atoms with Crippen molar-refractivity contribution in [3.8, 4) is 6.07 Å². The predicted molar refractivity (Wildman–Crippen MR) is 90.2 cm³/mol. The summed E-state index contributed by atoms with van der Waals surface area (Å²) in [5.74, 6) is -5.19. The van der Waals surface area contributed by atoms with Gasteiger partial charge in [-0.15, -0.1) is 0 Å². The Kier molecular flexibility index (Phi) is 5.36. The fourth-order valence-corrected chi connectivity index (χ4v) is 3.11. The average molecular weight is 401 g/mol. The minimum absolute atomic E-state index is 0.177. The first-order valence-corrected chi connectivity index (χ1v) is 9.05. The second-order valence-corrected chi connectivity index (χ2v) is 7.53. The van der Waals surface area contributed by atoms with Crippen molar-refractivity contribution in [1.82, 2.24) is 10.6 Å². The normalized spacial score (nSPS) is 20.7. The van der Waals surface area contributed by atoms with Crippen LogP contribution in [0.2, 0.25) is 0 Å². The number of benzene rings is 1. The number of nitrogens with zero attached hydrogens (tertiary/aromatic N) is 1. The smallest absolute Gasteiger partial charge is 0.336 e. The molecule has 2 saturated carbocycles. The summed E-state index contributed by atoms with van der Waals surface area (Å²) < 4.78 is 69.5. The maximum absolute atomic E-state index is 14.3. The Morgan fingerprint density at radius 3 is 2.25 bits per heavy atom. The molecule has 0 unspecified atom stereocenters. The van der Waals surface area contributed by atoms with Gasteiger partial charge in [-0.3, -0.25) is 10.1 Å². The molecular weight excluding hydrogens is 381 g/mol. The number of nitriles is 1. The van der Waals surface area contributed by atoms with Gasteiger partial charge >= 0.3 is 6.18 Å². The number of carbonyl (C=O) groups is 1. The third kappa shape index (κ3) is 4.79. The minimum atomic E-state index is -4.79. The second-order valence-electron chi connectivity index (χ2n) is 7.53. The van der Waals surface area contributed by atoms with Crippen LogP contribution >= 0.6 is 0 Å². The predicted octanol–water partition coefficient (Wildman–Crippen LogP) is 3.86. The van der Waals surface area contributed by atoms with Gasteiger partial charge in [-0.1, -0.05) is 30.3 Å². The van der Waals surface area contributed by atoms with Crippen LogP contribution in [-0.4, -0.2) is 29.6 Å². The van der Waals surface area contributed by atoms with Gasteiger partial charge in [-0.25, -0.2) is 8.78 Å². The van der Waals surface area contributed by atoms with Crippen molar-refractivity contribution in [1.29, 1.82) is 5.26 Å². The Hall–Kier alpha value is -2.21. The van der Waals surface area contributed by atoms with Crippen LogP contribution < -0.4 is 10.6 Å². The molecule has 1 aromatic carbocycles. The number of carbonyl (C=O) groups excluding carboxylic acids is 1. The first kappa shape index (κ1) is 20.5. The van der Waals surface area contributed by atoms with E-state index in [0.29, 0.717) is 12.8 Å². The summed E-state index contributed by atoms with van der Waals surface area (Å²) in [4.78, 5) is 12.5. The topological polar surface area (TPSA) is 64.9 Å². The van der Waals surface area contributed by atoms with E-state index in [2.05, 4.69) is 10.6 Å². The maximum Gasteiger partial charge on any atom is 0.407 e. The van der Waals surface area contributed by atoms with Crippen LogP contribution in [0.25, 0.3) is 0 Å². The van der Waals surface area contributed by atoms with Gasteiger partial charge in [0.15, 0.2) is 0 Å². The summed E-state index contributed by atoms with van der Waals surface area (Å²) in [7, 11) is 0. The Bertz CT molecular complexity index is 751. The minimum Gasteiger partial charge on any atom is -0.336 e. The van der Waals surface area contributed by atoms with Crippen LogP contribution in [0.15, 0.2) is 30.3 Å². The molecule has 0 bridgehead atoms. The number of alkyl halides is 5. The van der Waals surface area contributed by atoms with Crippen molar-refractivity contribution in [2.45, 2.75) is 61.8 Å². The quantitative estimate of drug-likeness (QED) is 0.651. The molecule has 28 heavy (non-hydrogen) atoms. The first-order chi connectivity index (χ1) is 13.1. The summed E-state index contributed by atoms with van der Waals surface area (Å²) in [5, 5.41) is 13.5. The first-order valence-electron chi connectivity index (χ1n) is 9.05. The molecule has 2 atom stereocenters. The molecule has 0 aliphatic heterocycles. The van der Waals surface area contributed by atoms with Crippen LogP contribution in [0.3, 0.4) is 0 Å². The zero-order valence-corrected chi connectivity index (χ0v) is 14.9. The van der Waals surface area contributed by atoms with Gasteiger partial charge in [0.05, 0.1) is 12.1 Å². The number of hydrogen-bond donors (Lipinski definition) is 2. The van der Waals surface area contributed by atoms with Crippen molar-refractivity contribution in [2.24, 2.45) is 5.92 Å². The average Bonchev–Trinajstić information content (AvgIpc) is 3.52. The van der Waals surface area contributed by atoms with Crippen LogP contribution in [0, 0.1) is 17.2 Å². The molecule has 2 aliphatic rings.